The summed E-state index contributed by atoms with van der Waals surface area (Å²) in [6.45, 7) is 6.37. The minimum Gasteiger partial charge on any atom is -0.491 e. The number of hydrogen-bond donors (Lipinski definition) is 1. The first-order valence-electron chi connectivity index (χ1n) is 7.84. The number of aliphatic hydroxyl groups is 1. The predicted octanol–water partition coefficient (Wildman–Crippen LogP) is 1.32. The van der Waals surface area contributed by atoms with Gasteiger partial charge in [-0.25, -0.2) is 4.79 Å². The quantitative estimate of drug-likeness (QED) is 0.797. The normalized spacial score (nSPS) is 23.3. The van der Waals surface area contributed by atoms with Gasteiger partial charge in [0.15, 0.2) is 0 Å². The van der Waals surface area contributed by atoms with Crippen molar-refractivity contribution >= 4 is 5.97 Å². The molecule has 0 aromatic heterocycles. The van der Waals surface area contributed by atoms with Crippen molar-refractivity contribution < 1.29 is 24.1 Å². The van der Waals surface area contributed by atoms with Crippen LogP contribution >= 0.6 is 0 Å². The first-order chi connectivity index (χ1) is 11.0. The molecule has 0 radical (unpaired) electrons. The number of hydrogen-bond acceptors (Lipinski definition) is 6. The predicted molar refractivity (Wildman–Crippen MR) is 85.7 cm³/mol. The van der Waals surface area contributed by atoms with Gasteiger partial charge in [0.2, 0.25) is 0 Å². The Labute approximate surface area is 136 Å². The van der Waals surface area contributed by atoms with Crippen molar-refractivity contribution in [1.29, 1.82) is 0 Å². The third-order valence-corrected chi connectivity index (χ3v) is 3.90. The Hall–Kier alpha value is -1.63. The van der Waals surface area contributed by atoms with Crippen LogP contribution in [0.25, 0.3) is 0 Å². The van der Waals surface area contributed by atoms with Crippen molar-refractivity contribution in [3.05, 3.63) is 29.8 Å². The third-order valence-electron chi connectivity index (χ3n) is 3.90. The largest absolute Gasteiger partial charge is 0.491 e. The van der Waals surface area contributed by atoms with E-state index in [1.54, 1.807) is 24.3 Å². The molecule has 1 aliphatic rings. The number of benzene rings is 1. The lowest BCUT2D eigenvalue weighted by molar-refractivity contribution is -0.0650. The minimum absolute atomic E-state index is 0.185. The highest BCUT2D eigenvalue weighted by molar-refractivity contribution is 5.89. The summed E-state index contributed by atoms with van der Waals surface area (Å²) in [5.41, 5.74) is 0.469. The van der Waals surface area contributed by atoms with E-state index in [1.807, 2.05) is 6.92 Å². The van der Waals surface area contributed by atoms with Gasteiger partial charge in [-0.1, -0.05) is 0 Å². The Balaban J connectivity index is 1.79. The average molecular weight is 323 g/mol. The number of nitrogens with zero attached hydrogens (tertiary/aromatic N) is 1. The summed E-state index contributed by atoms with van der Waals surface area (Å²) < 4.78 is 15.8. The van der Waals surface area contributed by atoms with Gasteiger partial charge in [-0.2, -0.15) is 0 Å². The molecule has 2 rings (SSSR count). The standard InChI is InChI=1S/C17H25NO5/c1-12-10-22-13(2)8-18(12)9-15(19)11-23-16-6-4-14(5-7-16)17(20)21-3/h4-7,12-13,15,19H,8-11H2,1-3H3. The SMILES string of the molecule is COC(=O)c1ccc(OCC(O)CN2CC(C)OCC2C)cc1. The molecule has 1 aromatic rings. The molecule has 6 nitrogen and oxygen atoms in total. The molecule has 0 spiro atoms. The zero-order valence-electron chi connectivity index (χ0n) is 13.9. The molecule has 128 valence electrons. The number of β-amino-alcohol motifs (C(OH)–C–C–N with tert-alkyl or cyclic N) is 1. The molecule has 23 heavy (non-hydrogen) atoms. The molecule has 1 saturated heterocycles. The number of carbonyl (C=O) groups is 1. The Morgan fingerprint density at radius 1 is 1.39 bits per heavy atom. The maximum Gasteiger partial charge on any atom is 0.337 e. The Bertz CT molecular complexity index is 504. The van der Waals surface area contributed by atoms with Gasteiger partial charge in [0.1, 0.15) is 18.5 Å². The molecule has 1 heterocycles. The molecule has 3 atom stereocenters. The van der Waals surface area contributed by atoms with Crippen molar-refractivity contribution in [3.8, 4) is 5.75 Å². The molecule has 6 heteroatoms. The average Bonchev–Trinajstić information content (AvgIpc) is 2.56. The summed E-state index contributed by atoms with van der Waals surface area (Å²) >= 11 is 0. The summed E-state index contributed by atoms with van der Waals surface area (Å²) in [4.78, 5) is 13.6. The Morgan fingerprint density at radius 3 is 2.74 bits per heavy atom. The van der Waals surface area contributed by atoms with Crippen molar-refractivity contribution in [2.24, 2.45) is 0 Å². The molecule has 1 aliphatic heterocycles. The highest BCUT2D eigenvalue weighted by Crippen LogP contribution is 2.15. The second kappa shape index (κ2) is 8.29. The van der Waals surface area contributed by atoms with E-state index in [1.165, 1.54) is 7.11 Å². The van der Waals surface area contributed by atoms with Crippen molar-refractivity contribution in [1.82, 2.24) is 4.90 Å². The van der Waals surface area contributed by atoms with Crippen molar-refractivity contribution in [3.63, 3.8) is 0 Å². The van der Waals surface area contributed by atoms with Crippen LogP contribution in [-0.2, 0) is 9.47 Å². The first kappa shape index (κ1) is 17.7. The Kier molecular flexibility index (Phi) is 6.38. The maximum absolute atomic E-state index is 11.4. The number of rotatable bonds is 6. The molecule has 1 aromatic carbocycles. The fraction of sp³-hybridized carbons (Fsp3) is 0.588. The van der Waals surface area contributed by atoms with Gasteiger partial charge in [-0.15, -0.1) is 0 Å². The molecular formula is C17H25NO5. The summed E-state index contributed by atoms with van der Waals surface area (Å²) in [6, 6.07) is 6.95. The van der Waals surface area contributed by atoms with Gasteiger partial charge in [0.25, 0.3) is 0 Å². The fourth-order valence-electron chi connectivity index (χ4n) is 2.55. The zero-order chi connectivity index (χ0) is 16.8. The van der Waals surface area contributed by atoms with Crippen LogP contribution in [-0.4, -0.2) is 67.6 Å². The number of esters is 1. The second-order valence-corrected chi connectivity index (χ2v) is 5.93. The van der Waals surface area contributed by atoms with E-state index < -0.39 is 6.10 Å². The summed E-state index contributed by atoms with van der Waals surface area (Å²) in [5.74, 6) is 0.229. The van der Waals surface area contributed by atoms with E-state index in [9.17, 15) is 9.90 Å². The molecule has 1 N–H and O–H groups in total. The molecular weight excluding hydrogens is 298 g/mol. The van der Waals surface area contributed by atoms with E-state index in [-0.39, 0.29) is 18.7 Å². The minimum atomic E-state index is -0.581. The number of ether oxygens (including phenoxy) is 3. The van der Waals surface area contributed by atoms with Gasteiger partial charge < -0.3 is 19.3 Å². The van der Waals surface area contributed by atoms with Crippen LogP contribution in [0.5, 0.6) is 5.75 Å². The van der Waals surface area contributed by atoms with Crippen LogP contribution in [0.4, 0.5) is 0 Å². The van der Waals surface area contributed by atoms with Gasteiger partial charge >= 0.3 is 5.97 Å². The molecule has 0 bridgehead atoms. The molecule has 0 saturated carbocycles. The lowest BCUT2D eigenvalue weighted by Crippen LogP contribution is -2.50. The fourth-order valence-corrected chi connectivity index (χ4v) is 2.55. The summed E-state index contributed by atoms with van der Waals surface area (Å²) in [6.07, 6.45) is -0.395. The zero-order valence-corrected chi connectivity index (χ0v) is 13.9. The third kappa shape index (κ3) is 5.20. The van der Waals surface area contributed by atoms with Crippen LogP contribution < -0.4 is 4.74 Å². The van der Waals surface area contributed by atoms with Crippen LogP contribution in [0.15, 0.2) is 24.3 Å². The van der Waals surface area contributed by atoms with Gasteiger partial charge in [0, 0.05) is 19.1 Å². The molecule has 0 aliphatic carbocycles. The number of methoxy groups -OCH3 is 1. The Morgan fingerprint density at radius 2 is 2.09 bits per heavy atom. The van der Waals surface area contributed by atoms with Crippen molar-refractivity contribution in [2.45, 2.75) is 32.1 Å². The highest BCUT2D eigenvalue weighted by atomic mass is 16.5. The second-order valence-electron chi connectivity index (χ2n) is 5.93. The van der Waals surface area contributed by atoms with Crippen LogP contribution in [0.3, 0.4) is 0 Å². The topological polar surface area (TPSA) is 68.2 Å². The maximum atomic E-state index is 11.4. The van der Waals surface area contributed by atoms with E-state index in [2.05, 4.69) is 16.6 Å². The summed E-state index contributed by atoms with van der Waals surface area (Å²) in [7, 11) is 1.34. The lowest BCUT2D eigenvalue weighted by Gasteiger charge is -2.37. The van der Waals surface area contributed by atoms with Crippen LogP contribution in [0, 0.1) is 0 Å². The first-order valence-corrected chi connectivity index (χ1v) is 7.84. The van der Waals surface area contributed by atoms with Gasteiger partial charge in [-0.05, 0) is 38.1 Å². The molecule has 0 amide bonds. The van der Waals surface area contributed by atoms with Crippen LogP contribution in [0.2, 0.25) is 0 Å². The molecule has 1 fully saturated rings. The molecule has 3 unspecified atom stereocenters. The van der Waals surface area contributed by atoms with Crippen molar-refractivity contribution in [2.75, 3.05) is 33.4 Å². The van der Waals surface area contributed by atoms with E-state index >= 15 is 0 Å². The number of morpholine rings is 1. The lowest BCUT2D eigenvalue weighted by atomic mass is 10.2. The van der Waals surface area contributed by atoms with E-state index in [4.69, 9.17) is 9.47 Å². The monoisotopic (exact) mass is 323 g/mol. The van der Waals surface area contributed by atoms with Crippen LogP contribution in [0.1, 0.15) is 24.2 Å². The highest BCUT2D eigenvalue weighted by Gasteiger charge is 2.25. The smallest absolute Gasteiger partial charge is 0.337 e. The number of carbonyl (C=O) groups excluding carboxylic acids is 1. The van der Waals surface area contributed by atoms with Gasteiger partial charge in [0.05, 0.1) is 25.4 Å². The van der Waals surface area contributed by atoms with E-state index in [0.717, 1.165) is 6.54 Å². The van der Waals surface area contributed by atoms with E-state index in [0.29, 0.717) is 30.5 Å². The van der Waals surface area contributed by atoms with Gasteiger partial charge in [-0.3, -0.25) is 4.90 Å². The summed E-state index contributed by atoms with van der Waals surface area (Å²) in [5, 5.41) is 10.2. The number of aliphatic hydroxyl groups excluding tert-OH is 1.